The minimum absolute atomic E-state index is 0.190. The highest BCUT2D eigenvalue weighted by molar-refractivity contribution is 6.03. The summed E-state index contributed by atoms with van der Waals surface area (Å²) >= 11 is 0. The van der Waals surface area contributed by atoms with Crippen LogP contribution in [-0.2, 0) is 11.3 Å². The van der Waals surface area contributed by atoms with Gasteiger partial charge in [-0.25, -0.2) is 4.98 Å². The molecule has 2 amide bonds. The fourth-order valence-electron chi connectivity index (χ4n) is 2.66. The van der Waals surface area contributed by atoms with Crippen LogP contribution >= 0.6 is 0 Å². The zero-order valence-corrected chi connectivity index (χ0v) is 14.5. The van der Waals surface area contributed by atoms with Crippen molar-refractivity contribution in [1.82, 2.24) is 14.9 Å². The Labute approximate surface area is 155 Å². The number of nitrogens with zero attached hydrogens (tertiary/aromatic N) is 2. The van der Waals surface area contributed by atoms with Crippen molar-refractivity contribution in [3.8, 4) is 0 Å². The fraction of sp³-hybridized carbons (Fsp3) is 0.100. The first kappa shape index (κ1) is 18.1. The molecule has 0 aliphatic heterocycles. The average Bonchev–Trinajstić information content (AvgIpc) is 2.68. The molecular formula is C20H18N4O3. The summed E-state index contributed by atoms with van der Waals surface area (Å²) in [5, 5.41) is 5.38. The maximum Gasteiger partial charge on any atom is 0.269 e. The highest BCUT2D eigenvalue weighted by Crippen LogP contribution is 2.15. The van der Waals surface area contributed by atoms with E-state index < -0.39 is 5.91 Å². The molecule has 1 heterocycles. The Kier molecular flexibility index (Phi) is 5.41. The van der Waals surface area contributed by atoms with E-state index in [-0.39, 0.29) is 18.0 Å². The monoisotopic (exact) mass is 362 g/mol. The number of hydrogen-bond acceptors (Lipinski definition) is 4. The van der Waals surface area contributed by atoms with E-state index in [0.717, 1.165) is 0 Å². The molecule has 0 bridgehead atoms. The van der Waals surface area contributed by atoms with Crippen molar-refractivity contribution in [2.75, 3.05) is 11.9 Å². The van der Waals surface area contributed by atoms with Crippen molar-refractivity contribution in [3.05, 3.63) is 83.3 Å². The van der Waals surface area contributed by atoms with E-state index in [4.69, 9.17) is 0 Å². The van der Waals surface area contributed by atoms with E-state index >= 15 is 0 Å². The number of carbonyl (C=O) groups is 2. The second-order valence-electron chi connectivity index (χ2n) is 5.76. The van der Waals surface area contributed by atoms with Gasteiger partial charge in [-0.1, -0.05) is 30.3 Å². The number of rotatable bonds is 6. The fourth-order valence-corrected chi connectivity index (χ4v) is 2.66. The first-order valence-corrected chi connectivity index (χ1v) is 8.32. The Balaban J connectivity index is 1.84. The summed E-state index contributed by atoms with van der Waals surface area (Å²) in [5.74, 6) is -0.741. The predicted octanol–water partition coefficient (Wildman–Crippen LogP) is 1.95. The van der Waals surface area contributed by atoms with Crippen LogP contribution in [0.25, 0.3) is 11.0 Å². The van der Waals surface area contributed by atoms with Gasteiger partial charge in [0.1, 0.15) is 6.54 Å². The number of carbonyl (C=O) groups excluding carboxylic acids is 2. The van der Waals surface area contributed by atoms with Crippen LogP contribution < -0.4 is 16.2 Å². The first-order chi connectivity index (χ1) is 13.1. The van der Waals surface area contributed by atoms with Gasteiger partial charge in [0.25, 0.3) is 11.5 Å². The summed E-state index contributed by atoms with van der Waals surface area (Å²) in [6.07, 6.45) is 2.76. The van der Waals surface area contributed by atoms with Crippen LogP contribution in [0.4, 0.5) is 5.69 Å². The number of fused-ring (bicyclic) bond motifs is 1. The third-order valence-corrected chi connectivity index (χ3v) is 3.91. The normalized spacial score (nSPS) is 10.4. The summed E-state index contributed by atoms with van der Waals surface area (Å²) < 4.78 is 1.35. The number of amides is 2. The molecule has 0 saturated carbocycles. The van der Waals surface area contributed by atoms with Crippen LogP contribution in [0.2, 0.25) is 0 Å². The first-order valence-electron chi connectivity index (χ1n) is 8.32. The smallest absolute Gasteiger partial charge is 0.269 e. The van der Waals surface area contributed by atoms with Crippen molar-refractivity contribution in [2.24, 2.45) is 0 Å². The van der Waals surface area contributed by atoms with E-state index in [1.54, 1.807) is 48.5 Å². The molecule has 0 aliphatic carbocycles. The molecule has 0 atom stereocenters. The molecule has 3 aromatic rings. The van der Waals surface area contributed by atoms with Crippen LogP contribution in [0.1, 0.15) is 10.4 Å². The van der Waals surface area contributed by atoms with E-state index in [0.29, 0.717) is 28.8 Å². The highest BCUT2D eigenvalue weighted by atomic mass is 16.2. The van der Waals surface area contributed by atoms with Crippen molar-refractivity contribution in [3.63, 3.8) is 0 Å². The molecule has 0 spiro atoms. The molecule has 0 aliphatic rings. The molecule has 0 unspecified atom stereocenters. The van der Waals surface area contributed by atoms with Crippen LogP contribution in [0.15, 0.2) is 72.2 Å². The standard InChI is InChI=1S/C20H18N4O3/c1-2-11-21-20(27)14-7-3-4-8-15(14)23-18(25)13-24-17-10-6-5-9-16(17)22-12-19(24)26/h2-10,12H,1,11,13H2,(H,21,27)(H,23,25). The molecule has 136 valence electrons. The molecule has 27 heavy (non-hydrogen) atoms. The van der Waals surface area contributed by atoms with Crippen LogP contribution in [0.5, 0.6) is 0 Å². The average molecular weight is 362 g/mol. The van der Waals surface area contributed by atoms with Crippen molar-refractivity contribution in [1.29, 1.82) is 0 Å². The molecule has 7 nitrogen and oxygen atoms in total. The minimum atomic E-state index is -0.419. The van der Waals surface area contributed by atoms with E-state index in [1.807, 2.05) is 6.07 Å². The van der Waals surface area contributed by atoms with Gasteiger partial charge in [-0.3, -0.25) is 19.0 Å². The lowest BCUT2D eigenvalue weighted by Crippen LogP contribution is -2.29. The van der Waals surface area contributed by atoms with Crippen LogP contribution in [0.3, 0.4) is 0 Å². The van der Waals surface area contributed by atoms with Crippen molar-refractivity contribution in [2.45, 2.75) is 6.54 Å². The number of para-hydroxylation sites is 3. The van der Waals surface area contributed by atoms with Gasteiger partial charge in [0.2, 0.25) is 5.91 Å². The minimum Gasteiger partial charge on any atom is -0.349 e. The van der Waals surface area contributed by atoms with Gasteiger partial charge in [0.05, 0.1) is 28.5 Å². The third kappa shape index (κ3) is 4.09. The Bertz CT molecular complexity index is 1070. The SMILES string of the molecule is C=CCNC(=O)c1ccccc1NC(=O)Cn1c(=O)cnc2ccccc21. The second-order valence-corrected chi connectivity index (χ2v) is 5.76. The van der Waals surface area contributed by atoms with E-state index in [9.17, 15) is 14.4 Å². The zero-order valence-electron chi connectivity index (χ0n) is 14.5. The van der Waals surface area contributed by atoms with E-state index in [2.05, 4.69) is 22.2 Å². The van der Waals surface area contributed by atoms with Gasteiger partial charge in [-0.15, -0.1) is 6.58 Å². The Morgan fingerprint density at radius 3 is 2.67 bits per heavy atom. The maximum atomic E-state index is 12.5. The Morgan fingerprint density at radius 1 is 1.11 bits per heavy atom. The van der Waals surface area contributed by atoms with Gasteiger partial charge in [0, 0.05) is 6.54 Å². The molecule has 7 heteroatoms. The third-order valence-electron chi connectivity index (χ3n) is 3.91. The summed E-state index contributed by atoms with van der Waals surface area (Å²) in [6.45, 7) is 3.68. The topological polar surface area (TPSA) is 93.1 Å². The van der Waals surface area contributed by atoms with Gasteiger partial charge >= 0.3 is 0 Å². The molecule has 2 aromatic carbocycles. The number of nitrogens with one attached hydrogen (secondary N) is 2. The molecule has 1 aromatic heterocycles. The quantitative estimate of drug-likeness (QED) is 0.656. The van der Waals surface area contributed by atoms with Crippen LogP contribution in [0, 0.1) is 0 Å². The Morgan fingerprint density at radius 2 is 1.85 bits per heavy atom. The van der Waals surface area contributed by atoms with Crippen LogP contribution in [-0.4, -0.2) is 27.9 Å². The number of hydrogen-bond donors (Lipinski definition) is 2. The molecular weight excluding hydrogens is 344 g/mol. The second kappa shape index (κ2) is 8.09. The lowest BCUT2D eigenvalue weighted by Gasteiger charge is -2.12. The Hall–Kier alpha value is -3.74. The van der Waals surface area contributed by atoms with E-state index in [1.165, 1.54) is 10.8 Å². The summed E-state index contributed by atoms with van der Waals surface area (Å²) in [6, 6.07) is 13.7. The predicted molar refractivity (Wildman–Crippen MR) is 104 cm³/mol. The lowest BCUT2D eigenvalue weighted by molar-refractivity contribution is -0.116. The largest absolute Gasteiger partial charge is 0.349 e. The number of benzene rings is 2. The number of aromatic nitrogens is 2. The molecule has 0 radical (unpaired) electrons. The summed E-state index contributed by atoms with van der Waals surface area (Å²) in [5.41, 5.74) is 1.52. The van der Waals surface area contributed by atoms with Gasteiger partial charge < -0.3 is 10.6 Å². The van der Waals surface area contributed by atoms with Crippen molar-refractivity contribution >= 4 is 28.5 Å². The highest BCUT2D eigenvalue weighted by Gasteiger charge is 2.14. The molecule has 0 fully saturated rings. The summed E-state index contributed by atoms with van der Waals surface area (Å²) in [4.78, 5) is 41.0. The number of anilines is 1. The molecule has 2 N–H and O–H groups in total. The zero-order chi connectivity index (χ0) is 19.2. The molecule has 0 saturated heterocycles. The van der Waals surface area contributed by atoms with Gasteiger partial charge in [-0.2, -0.15) is 0 Å². The summed E-state index contributed by atoms with van der Waals surface area (Å²) in [7, 11) is 0. The van der Waals surface area contributed by atoms with Gasteiger partial charge in [0.15, 0.2) is 0 Å². The van der Waals surface area contributed by atoms with Gasteiger partial charge in [-0.05, 0) is 24.3 Å². The lowest BCUT2D eigenvalue weighted by atomic mass is 10.1. The molecule has 3 rings (SSSR count). The maximum absolute atomic E-state index is 12.5. The van der Waals surface area contributed by atoms with Crippen molar-refractivity contribution < 1.29 is 9.59 Å².